The molecule has 3 N–H and O–H groups in total. The molecule has 6 nitrogen and oxygen atoms in total. The summed E-state index contributed by atoms with van der Waals surface area (Å²) in [6.45, 7) is 0.483. The number of nitrogen functional groups attached to an aromatic ring is 1. The van der Waals surface area contributed by atoms with Crippen LogP contribution < -0.4 is 11.1 Å². The number of anilines is 2. The van der Waals surface area contributed by atoms with Crippen molar-refractivity contribution in [2.45, 2.75) is 6.54 Å². The Hall–Kier alpha value is -4.47. The molecular weight excluding hydrogens is 444 g/mol. The maximum atomic E-state index is 9.00. The number of halogens is 1. The summed E-state index contributed by atoms with van der Waals surface area (Å²) >= 11 is 6.57. The zero-order chi connectivity index (χ0) is 23.5. The van der Waals surface area contributed by atoms with Crippen LogP contribution in [0.4, 0.5) is 11.6 Å². The van der Waals surface area contributed by atoms with Gasteiger partial charge >= 0.3 is 0 Å². The normalized spacial score (nSPS) is 10.7. The second-order valence-corrected chi connectivity index (χ2v) is 8.12. The molecule has 164 valence electrons. The number of fused-ring (bicyclic) bond motifs is 1. The van der Waals surface area contributed by atoms with Gasteiger partial charge in [-0.3, -0.25) is 4.98 Å². The number of pyridine rings is 1. The average molecular weight is 463 g/mol. The lowest BCUT2D eigenvalue weighted by Gasteiger charge is -2.15. The van der Waals surface area contributed by atoms with E-state index < -0.39 is 0 Å². The number of benzene rings is 3. The van der Waals surface area contributed by atoms with Crippen LogP contribution in [0.1, 0.15) is 11.1 Å². The van der Waals surface area contributed by atoms with Crippen LogP contribution in [0.25, 0.3) is 33.4 Å². The third-order valence-corrected chi connectivity index (χ3v) is 5.73. The van der Waals surface area contributed by atoms with Gasteiger partial charge in [-0.1, -0.05) is 60.1 Å². The Kier molecular flexibility index (Phi) is 5.77. The Morgan fingerprint density at radius 3 is 2.41 bits per heavy atom. The highest BCUT2D eigenvalue weighted by Crippen LogP contribution is 2.35. The highest BCUT2D eigenvalue weighted by atomic mass is 35.5. The Morgan fingerprint density at radius 1 is 0.882 bits per heavy atom. The predicted octanol–water partition coefficient (Wildman–Crippen LogP) is 6.08. The van der Waals surface area contributed by atoms with E-state index in [0.29, 0.717) is 40.2 Å². The molecule has 0 atom stereocenters. The second-order valence-electron chi connectivity index (χ2n) is 7.72. The molecule has 0 radical (unpaired) electrons. The SMILES string of the molecule is N#Cc1ccc(CNc2nc(-c3cc(Cl)c4ncccc4c3)c(-c3ccccc3)nc2N)cc1. The molecule has 5 aromatic rings. The van der Waals surface area contributed by atoms with Gasteiger partial charge < -0.3 is 11.1 Å². The molecular formula is C27H19ClN6. The predicted molar refractivity (Wildman–Crippen MR) is 136 cm³/mol. The molecule has 0 unspecified atom stereocenters. The number of nitrogens with zero attached hydrogens (tertiary/aromatic N) is 4. The standard InChI is InChI=1S/C27H19ClN6/c28-22-14-21(13-20-7-4-12-31-23(20)22)25-24(19-5-2-1-3-6-19)33-26(30)27(34-25)32-16-18-10-8-17(15-29)9-11-18/h1-14H,16H2,(H2,30,33)(H,32,34). The van der Waals surface area contributed by atoms with Gasteiger partial charge in [-0.05, 0) is 35.9 Å². The largest absolute Gasteiger partial charge is 0.381 e. The van der Waals surface area contributed by atoms with Crippen molar-refractivity contribution in [3.05, 3.63) is 101 Å². The quantitative estimate of drug-likeness (QED) is 0.328. The van der Waals surface area contributed by atoms with Gasteiger partial charge in [0, 0.05) is 29.3 Å². The molecule has 0 saturated heterocycles. The van der Waals surface area contributed by atoms with Crippen molar-refractivity contribution >= 4 is 34.1 Å². The highest BCUT2D eigenvalue weighted by molar-refractivity contribution is 6.35. The van der Waals surface area contributed by atoms with E-state index >= 15 is 0 Å². The van der Waals surface area contributed by atoms with Crippen LogP contribution in [0, 0.1) is 11.3 Å². The Balaban J connectivity index is 1.60. The third kappa shape index (κ3) is 4.25. The van der Waals surface area contributed by atoms with Crippen molar-refractivity contribution in [1.82, 2.24) is 15.0 Å². The first-order valence-corrected chi connectivity index (χ1v) is 11.0. The minimum absolute atomic E-state index is 0.296. The summed E-state index contributed by atoms with van der Waals surface area (Å²) in [6.07, 6.45) is 1.72. The van der Waals surface area contributed by atoms with Crippen LogP contribution in [-0.4, -0.2) is 15.0 Å². The monoisotopic (exact) mass is 462 g/mol. The molecule has 2 heterocycles. The lowest BCUT2D eigenvalue weighted by Crippen LogP contribution is -2.08. The van der Waals surface area contributed by atoms with Gasteiger partial charge in [0.1, 0.15) is 0 Å². The summed E-state index contributed by atoms with van der Waals surface area (Å²) < 4.78 is 0. The number of nitrogens with two attached hydrogens (primary N) is 1. The van der Waals surface area contributed by atoms with Gasteiger partial charge in [-0.15, -0.1) is 0 Å². The molecule has 0 aliphatic rings. The Bertz CT molecular complexity index is 1530. The van der Waals surface area contributed by atoms with Gasteiger partial charge in [-0.2, -0.15) is 5.26 Å². The summed E-state index contributed by atoms with van der Waals surface area (Å²) in [5, 5.41) is 13.7. The summed E-state index contributed by atoms with van der Waals surface area (Å²) in [6, 6.07) is 27.0. The molecule has 5 rings (SSSR count). The summed E-state index contributed by atoms with van der Waals surface area (Å²) in [4.78, 5) is 14.0. The minimum atomic E-state index is 0.296. The molecule has 34 heavy (non-hydrogen) atoms. The molecule has 0 spiro atoms. The van der Waals surface area contributed by atoms with Gasteiger partial charge in [0.25, 0.3) is 0 Å². The van der Waals surface area contributed by atoms with E-state index in [0.717, 1.165) is 27.6 Å². The van der Waals surface area contributed by atoms with E-state index in [1.54, 1.807) is 18.3 Å². The molecule has 0 aliphatic heterocycles. The molecule has 0 bridgehead atoms. The first kappa shape index (κ1) is 21.4. The lowest BCUT2D eigenvalue weighted by atomic mass is 10.0. The van der Waals surface area contributed by atoms with Crippen molar-refractivity contribution in [1.29, 1.82) is 5.26 Å². The molecule has 7 heteroatoms. The van der Waals surface area contributed by atoms with Crippen LogP contribution in [0.2, 0.25) is 5.02 Å². The van der Waals surface area contributed by atoms with Crippen LogP contribution in [0.5, 0.6) is 0 Å². The smallest absolute Gasteiger partial charge is 0.169 e. The van der Waals surface area contributed by atoms with Crippen molar-refractivity contribution in [3.8, 4) is 28.6 Å². The van der Waals surface area contributed by atoms with E-state index in [1.807, 2.05) is 66.7 Å². The molecule has 0 fully saturated rings. The Morgan fingerprint density at radius 2 is 1.65 bits per heavy atom. The first-order chi connectivity index (χ1) is 16.6. The number of hydrogen-bond donors (Lipinski definition) is 2. The van der Waals surface area contributed by atoms with E-state index in [9.17, 15) is 0 Å². The number of nitriles is 1. The molecule has 3 aromatic carbocycles. The molecule has 2 aromatic heterocycles. The number of aromatic nitrogens is 3. The van der Waals surface area contributed by atoms with E-state index in [-0.39, 0.29) is 0 Å². The van der Waals surface area contributed by atoms with E-state index in [4.69, 9.17) is 32.6 Å². The van der Waals surface area contributed by atoms with Crippen molar-refractivity contribution in [2.75, 3.05) is 11.1 Å². The van der Waals surface area contributed by atoms with Crippen LogP contribution in [0.15, 0.2) is 85.1 Å². The number of nitrogens with one attached hydrogen (secondary N) is 1. The maximum Gasteiger partial charge on any atom is 0.169 e. The zero-order valence-electron chi connectivity index (χ0n) is 18.0. The fraction of sp³-hybridized carbons (Fsp3) is 0.0370. The minimum Gasteiger partial charge on any atom is -0.381 e. The fourth-order valence-electron chi connectivity index (χ4n) is 3.74. The lowest BCUT2D eigenvalue weighted by molar-refractivity contribution is 1.10. The van der Waals surface area contributed by atoms with Gasteiger partial charge in [0.05, 0.1) is 33.6 Å². The average Bonchev–Trinajstić information content (AvgIpc) is 2.88. The highest BCUT2D eigenvalue weighted by Gasteiger charge is 2.17. The Labute approximate surface area is 201 Å². The number of hydrogen-bond acceptors (Lipinski definition) is 6. The second kappa shape index (κ2) is 9.18. The van der Waals surface area contributed by atoms with Gasteiger partial charge in [0.2, 0.25) is 0 Å². The van der Waals surface area contributed by atoms with Crippen LogP contribution in [-0.2, 0) is 6.54 Å². The summed E-state index contributed by atoms with van der Waals surface area (Å²) in [7, 11) is 0. The van der Waals surface area contributed by atoms with Crippen molar-refractivity contribution in [3.63, 3.8) is 0 Å². The van der Waals surface area contributed by atoms with Crippen molar-refractivity contribution < 1.29 is 0 Å². The van der Waals surface area contributed by atoms with Crippen LogP contribution in [0.3, 0.4) is 0 Å². The maximum absolute atomic E-state index is 9.00. The number of rotatable bonds is 5. The third-order valence-electron chi connectivity index (χ3n) is 5.44. The topological polar surface area (TPSA) is 101 Å². The summed E-state index contributed by atoms with van der Waals surface area (Å²) in [5.74, 6) is 0.770. The first-order valence-electron chi connectivity index (χ1n) is 10.6. The zero-order valence-corrected chi connectivity index (χ0v) is 18.8. The van der Waals surface area contributed by atoms with E-state index in [2.05, 4.69) is 16.4 Å². The van der Waals surface area contributed by atoms with Crippen LogP contribution >= 0.6 is 11.6 Å². The summed E-state index contributed by atoms with van der Waals surface area (Å²) in [5.41, 5.74) is 11.7. The van der Waals surface area contributed by atoms with E-state index in [1.165, 1.54) is 0 Å². The molecule has 0 amide bonds. The molecule has 0 aliphatic carbocycles. The molecule has 0 saturated carbocycles. The van der Waals surface area contributed by atoms with Gasteiger partial charge in [-0.25, -0.2) is 9.97 Å². The van der Waals surface area contributed by atoms with Gasteiger partial charge in [0.15, 0.2) is 11.6 Å². The van der Waals surface area contributed by atoms with Crippen molar-refractivity contribution in [2.24, 2.45) is 0 Å². The fourth-order valence-corrected chi connectivity index (χ4v) is 4.02.